The van der Waals surface area contributed by atoms with Gasteiger partial charge in [0.2, 0.25) is 34.1 Å². The standard InChI is InChI=1S/C12H15N3O.C11H13N3O2.C11H13N3OS.C11H13N3O.C11H12N2O2.C10H12N4O.C10H11N3O2.C10H14N2O4S.C10H15NO3S/c1-9(2)16-11-4-5-12(13-7-11)10-6-14-15(3)8-10;2*1-7(2)15-9-4-5-10(12-6-9)11-14-13-8(3)16-11;1-9(2)15-10-4-5-11(12-8-10)14-7-3-6-13-14;1-8(2)15-9-3-4-10(13-7-9)11-12-5-6-14-11;1-7(2)15-8-3-4-9(11-5-8)10-6-12-14-13-10;1-7(2)15-9-3-8(4-11-5-9)10-13-12-6-14-10;1-7(2)16-8-4-5-9(11-6-8)10(13)12-17(3,14)15;1-4-15(12,13)10-6-5-9(7-11-10)14-8(2)3/h4-9H,1-3H3;2*4-7H,1-3H3;3-9H,1-2H3;3-8H,1-2H3;3-7H,1-2H3,(H,12,13,14);3-7H,1-2H3;4-7H,1-3H3,(H,12,13);5-8H,4H2,1-3H3. The Hall–Kier alpha value is -15.5. The lowest BCUT2D eigenvalue weighted by Crippen LogP contribution is -2.29. The summed E-state index contributed by atoms with van der Waals surface area (Å²) in [6.07, 6.45) is 31.6. The van der Waals surface area contributed by atoms with Crippen molar-refractivity contribution in [2.75, 3.05) is 12.0 Å². The molecule has 0 atom stereocenters. The summed E-state index contributed by atoms with van der Waals surface area (Å²) in [4.78, 5) is 52.6. The molecule has 1 amide bonds. The highest BCUT2D eigenvalue weighted by atomic mass is 32.2. The van der Waals surface area contributed by atoms with E-state index in [4.69, 9.17) is 55.9 Å². The summed E-state index contributed by atoms with van der Waals surface area (Å²) in [5, 5.41) is 43.3. The number of sulfone groups is 1. The molecular formula is C96H118N24O17S3. The fourth-order valence-electron chi connectivity index (χ4n) is 10.9. The summed E-state index contributed by atoms with van der Waals surface area (Å²) in [5.74, 6) is 8.40. The quantitative estimate of drug-likeness (QED) is 0.0439. The molecule has 0 saturated carbocycles. The zero-order chi connectivity index (χ0) is 102. The van der Waals surface area contributed by atoms with Gasteiger partial charge in [-0.3, -0.25) is 24.4 Å². The van der Waals surface area contributed by atoms with E-state index < -0.39 is 25.8 Å². The first-order valence-electron chi connectivity index (χ1n) is 44.2. The van der Waals surface area contributed by atoms with E-state index in [1.807, 2.05) is 235 Å². The first-order valence-corrected chi connectivity index (χ1v) is 48.6. The summed E-state index contributed by atoms with van der Waals surface area (Å²) >= 11 is 1.54. The predicted molar refractivity (Wildman–Crippen MR) is 525 cm³/mol. The van der Waals surface area contributed by atoms with Gasteiger partial charge in [-0.25, -0.2) is 61.1 Å². The van der Waals surface area contributed by atoms with Crippen LogP contribution in [-0.2, 0) is 26.9 Å². The van der Waals surface area contributed by atoms with Crippen LogP contribution in [0.4, 0.5) is 0 Å². The number of nitrogens with one attached hydrogen (secondary N) is 2. The third-order valence-corrected chi connectivity index (χ3v) is 19.3. The number of aromatic amines is 1. The van der Waals surface area contributed by atoms with E-state index in [1.165, 1.54) is 48.5 Å². The van der Waals surface area contributed by atoms with Crippen LogP contribution >= 0.6 is 11.3 Å². The lowest BCUT2D eigenvalue weighted by molar-refractivity contribution is 0.0976. The SMILES string of the molecule is CC(C)Oc1ccc(-c2cn[nH]n2)nc1.CC(C)Oc1ccc(-c2cnn(C)c2)nc1.CC(C)Oc1ccc(-c2ncco2)nc1.CC(C)Oc1ccc(-n2cccn2)nc1.CC(C)Oc1ccc(C(=O)NS(C)(=O)=O)nc1.CC(C)Oc1cncc(-c2nnco2)c1.CCS(=O)(=O)c1ccc(OC(C)C)cn1.Cc1nnc(-c2ccc(OC(C)C)cn2)o1.Cc1nnc(-c2ccc(OC(C)C)cn2)s1. The van der Waals surface area contributed by atoms with Crippen molar-refractivity contribution in [1.29, 1.82) is 0 Å². The van der Waals surface area contributed by atoms with Gasteiger partial charge in [0, 0.05) is 44.3 Å². The summed E-state index contributed by atoms with van der Waals surface area (Å²) < 4.78 is 114. The normalized spacial score (nSPS) is 10.9. The van der Waals surface area contributed by atoms with E-state index in [2.05, 4.69) is 106 Å². The zero-order valence-corrected chi connectivity index (χ0v) is 84.6. The number of amides is 1. The molecule has 0 saturated heterocycles. The second-order valence-electron chi connectivity index (χ2n) is 32.0. The minimum absolute atomic E-state index is 0.00694. The number of carbonyl (C=O) groups is 1. The molecule has 16 heterocycles. The van der Waals surface area contributed by atoms with Crippen molar-refractivity contribution in [2.24, 2.45) is 7.05 Å². The maximum Gasteiger partial charge on any atom is 0.283 e. The number of sulfonamides is 1. The first-order chi connectivity index (χ1) is 66.7. The Morgan fingerprint density at radius 1 is 0.436 bits per heavy atom. The molecule has 0 aliphatic carbocycles. The van der Waals surface area contributed by atoms with Crippen molar-refractivity contribution in [2.45, 2.75) is 205 Å². The smallest absolute Gasteiger partial charge is 0.283 e. The van der Waals surface area contributed by atoms with Crippen LogP contribution in [0.3, 0.4) is 0 Å². The van der Waals surface area contributed by atoms with Crippen LogP contribution in [0.2, 0.25) is 0 Å². The lowest BCUT2D eigenvalue weighted by Gasteiger charge is -2.09. The number of pyridine rings is 9. The Labute approximate surface area is 817 Å². The Kier molecular flexibility index (Phi) is 43.7. The average Bonchev–Trinajstić information content (AvgIpc) is 1.11. The van der Waals surface area contributed by atoms with Crippen LogP contribution in [0.15, 0.2) is 239 Å². The van der Waals surface area contributed by atoms with E-state index >= 15 is 0 Å². The number of carbonyl (C=O) groups excluding carboxylic acids is 1. The number of rotatable bonds is 29. The molecule has 0 unspecified atom stereocenters. The third kappa shape index (κ3) is 40.4. The van der Waals surface area contributed by atoms with Gasteiger partial charge in [0.05, 0.1) is 158 Å². The molecule has 2 N–H and O–H groups in total. The highest BCUT2D eigenvalue weighted by Gasteiger charge is 2.18. The highest BCUT2D eigenvalue weighted by molar-refractivity contribution is 7.91. The number of nitrogens with zero attached hydrogens (tertiary/aromatic N) is 22. The molecule has 16 rings (SSSR count). The summed E-state index contributed by atoms with van der Waals surface area (Å²) in [5.41, 5.74) is 6.39. The average molecular weight is 1980 g/mol. The molecule has 44 heteroatoms. The lowest BCUT2D eigenvalue weighted by atomic mass is 10.2. The minimum atomic E-state index is -3.57. The van der Waals surface area contributed by atoms with Gasteiger partial charge in [-0.2, -0.15) is 25.6 Å². The molecule has 0 aromatic carbocycles. The second-order valence-corrected chi connectivity index (χ2v) is 37.2. The Morgan fingerprint density at radius 2 is 0.907 bits per heavy atom. The van der Waals surface area contributed by atoms with Crippen LogP contribution in [0.5, 0.6) is 51.7 Å². The minimum Gasteiger partial charge on any atom is -0.489 e. The molecule has 0 aliphatic heterocycles. The summed E-state index contributed by atoms with van der Waals surface area (Å²) in [6.45, 7) is 40.5. The van der Waals surface area contributed by atoms with Gasteiger partial charge < -0.3 is 55.9 Å². The molecule has 742 valence electrons. The molecule has 0 aliphatic rings. The molecule has 140 heavy (non-hydrogen) atoms. The Bertz CT molecular complexity index is 6010. The molecule has 0 fully saturated rings. The molecule has 16 aromatic rings. The van der Waals surface area contributed by atoms with Crippen LogP contribution < -0.4 is 47.4 Å². The van der Waals surface area contributed by atoms with Crippen molar-refractivity contribution in [3.05, 3.63) is 238 Å². The van der Waals surface area contributed by atoms with E-state index in [1.54, 1.807) is 116 Å². The van der Waals surface area contributed by atoms with Gasteiger partial charge in [0.15, 0.2) is 25.7 Å². The van der Waals surface area contributed by atoms with Gasteiger partial charge in [0.25, 0.3) is 11.8 Å². The monoisotopic (exact) mass is 1970 g/mol. The molecule has 16 aromatic heterocycles. The van der Waals surface area contributed by atoms with Crippen LogP contribution in [0.1, 0.15) is 153 Å². The van der Waals surface area contributed by atoms with E-state index in [0.29, 0.717) is 52.2 Å². The van der Waals surface area contributed by atoms with Crippen molar-refractivity contribution in [1.82, 2.24) is 120 Å². The van der Waals surface area contributed by atoms with E-state index in [9.17, 15) is 21.6 Å². The van der Waals surface area contributed by atoms with E-state index in [0.717, 1.165) is 90.5 Å². The van der Waals surface area contributed by atoms with Crippen molar-refractivity contribution >= 4 is 37.1 Å². The number of aryl methyl sites for hydroxylation is 3. The van der Waals surface area contributed by atoms with Crippen molar-refractivity contribution in [3.63, 3.8) is 0 Å². The first kappa shape index (κ1) is 110. The van der Waals surface area contributed by atoms with Gasteiger partial charge in [-0.05, 0) is 241 Å². The predicted octanol–water partition coefficient (Wildman–Crippen LogP) is 17.6. The molecule has 0 spiro atoms. The Morgan fingerprint density at radius 3 is 1.28 bits per heavy atom. The van der Waals surface area contributed by atoms with Crippen LogP contribution in [0, 0.1) is 13.8 Å². The maximum atomic E-state index is 11.4. The van der Waals surface area contributed by atoms with Crippen molar-refractivity contribution in [3.8, 4) is 126 Å². The largest absolute Gasteiger partial charge is 0.489 e. The highest BCUT2D eigenvalue weighted by Crippen LogP contribution is 2.28. The molecule has 0 radical (unpaired) electrons. The molecule has 0 bridgehead atoms. The third-order valence-electron chi connectivity index (χ3n) is 16.3. The second kappa shape index (κ2) is 55.7. The number of ether oxygens (including phenoxy) is 9. The molecule has 41 nitrogen and oxygen atoms in total. The van der Waals surface area contributed by atoms with Gasteiger partial charge in [0.1, 0.15) is 91.5 Å². The van der Waals surface area contributed by atoms with Gasteiger partial charge in [-0.15, -0.1) is 30.6 Å². The van der Waals surface area contributed by atoms with Crippen LogP contribution in [-0.4, -0.2) is 205 Å². The summed E-state index contributed by atoms with van der Waals surface area (Å²) in [6, 6.07) is 32.2. The number of oxazole rings is 1. The topological polar surface area (TPSA) is 503 Å². The number of H-pyrrole nitrogens is 1. The zero-order valence-electron chi connectivity index (χ0n) is 82.2. The fourth-order valence-corrected chi connectivity index (χ4v) is 12.8. The number of aromatic nitrogens is 23. The summed E-state index contributed by atoms with van der Waals surface area (Å²) in [7, 11) is -4.89. The van der Waals surface area contributed by atoms with Gasteiger partial charge in [-0.1, -0.05) is 18.3 Å². The maximum absolute atomic E-state index is 11.4. The Balaban J connectivity index is 0.000000193. The van der Waals surface area contributed by atoms with Crippen LogP contribution in [0.25, 0.3) is 73.8 Å². The number of hydrogen-bond donors (Lipinski definition) is 2. The fraction of sp³-hybridized carbons (Fsp3) is 0.344. The van der Waals surface area contributed by atoms with Crippen molar-refractivity contribution < 1.29 is 77.5 Å². The number of hydrogen-bond acceptors (Lipinski definition) is 38. The van der Waals surface area contributed by atoms with E-state index in [-0.39, 0.29) is 71.4 Å². The van der Waals surface area contributed by atoms with Gasteiger partial charge >= 0.3 is 0 Å². The molecular weight excluding hydrogens is 1860 g/mol.